The number of alkyl halides is 3. The number of hydrogen-bond acceptors (Lipinski definition) is 5. The zero-order chi connectivity index (χ0) is 15.7. The largest absolute Gasteiger partial charge is 0.435 e. The van der Waals surface area contributed by atoms with E-state index in [9.17, 15) is 18.3 Å². The second kappa shape index (κ2) is 5.72. The Morgan fingerprint density at radius 3 is 2.76 bits per heavy atom. The van der Waals surface area contributed by atoms with Gasteiger partial charge in [-0.25, -0.2) is 9.50 Å². The first kappa shape index (κ1) is 15.9. The molecule has 0 aliphatic carbocycles. The molecule has 0 saturated heterocycles. The molecule has 2 aromatic heterocycles. The molecule has 0 bridgehead atoms. The van der Waals surface area contributed by atoms with Gasteiger partial charge < -0.3 is 10.4 Å². The summed E-state index contributed by atoms with van der Waals surface area (Å²) in [6.45, 7) is 1.82. The van der Waals surface area contributed by atoms with E-state index in [2.05, 4.69) is 15.4 Å². The van der Waals surface area contributed by atoms with E-state index in [1.807, 2.05) is 6.26 Å². The summed E-state index contributed by atoms with van der Waals surface area (Å²) in [5.74, 6) is 0.748. The number of anilines is 1. The summed E-state index contributed by atoms with van der Waals surface area (Å²) >= 11 is 1.48. The van der Waals surface area contributed by atoms with Gasteiger partial charge in [-0.1, -0.05) is 0 Å². The molecular formula is C12H15F3N4OS. The van der Waals surface area contributed by atoms with Gasteiger partial charge in [0, 0.05) is 30.8 Å². The van der Waals surface area contributed by atoms with Gasteiger partial charge in [0.2, 0.25) is 0 Å². The third-order valence-electron chi connectivity index (χ3n) is 2.77. The van der Waals surface area contributed by atoms with Gasteiger partial charge in [-0.15, -0.1) is 0 Å². The molecule has 1 unspecified atom stereocenters. The van der Waals surface area contributed by atoms with Crippen LogP contribution >= 0.6 is 11.8 Å². The van der Waals surface area contributed by atoms with E-state index in [0.29, 0.717) is 5.75 Å². The summed E-state index contributed by atoms with van der Waals surface area (Å²) in [5, 5.41) is 16.4. The SMILES string of the molecule is CSCC(C)(O)CNc1nccn2nc(C(F)(F)F)cc12. The van der Waals surface area contributed by atoms with Crippen molar-refractivity contribution in [2.75, 3.05) is 23.9 Å². The molecule has 0 spiro atoms. The van der Waals surface area contributed by atoms with Crippen LogP contribution in [0.15, 0.2) is 18.5 Å². The van der Waals surface area contributed by atoms with Crippen molar-refractivity contribution in [3.8, 4) is 0 Å². The lowest BCUT2D eigenvalue weighted by atomic mass is 10.1. The number of hydrogen-bond donors (Lipinski definition) is 2. The quantitative estimate of drug-likeness (QED) is 0.885. The van der Waals surface area contributed by atoms with Gasteiger partial charge in [0.05, 0.1) is 5.60 Å². The van der Waals surface area contributed by atoms with Gasteiger partial charge in [-0.3, -0.25) is 0 Å². The van der Waals surface area contributed by atoms with Crippen LogP contribution in [0.2, 0.25) is 0 Å². The van der Waals surface area contributed by atoms with Crippen molar-refractivity contribution in [2.24, 2.45) is 0 Å². The highest BCUT2D eigenvalue weighted by molar-refractivity contribution is 7.98. The van der Waals surface area contributed by atoms with E-state index in [-0.39, 0.29) is 17.9 Å². The summed E-state index contributed by atoms with van der Waals surface area (Å²) in [5.41, 5.74) is -1.75. The predicted molar refractivity (Wildman–Crippen MR) is 75.5 cm³/mol. The summed E-state index contributed by atoms with van der Waals surface area (Å²) in [4.78, 5) is 4.01. The molecule has 9 heteroatoms. The van der Waals surface area contributed by atoms with Crippen LogP contribution in [0.3, 0.4) is 0 Å². The summed E-state index contributed by atoms with van der Waals surface area (Å²) < 4.78 is 39.1. The van der Waals surface area contributed by atoms with Crippen molar-refractivity contribution in [1.82, 2.24) is 14.6 Å². The molecule has 2 heterocycles. The van der Waals surface area contributed by atoms with Crippen LogP contribution < -0.4 is 5.32 Å². The zero-order valence-electron chi connectivity index (χ0n) is 11.5. The number of aromatic nitrogens is 3. The minimum absolute atomic E-state index is 0.174. The molecule has 5 nitrogen and oxygen atoms in total. The first-order chi connectivity index (χ1) is 9.73. The Morgan fingerprint density at radius 2 is 2.14 bits per heavy atom. The van der Waals surface area contributed by atoms with Crippen molar-refractivity contribution in [2.45, 2.75) is 18.7 Å². The van der Waals surface area contributed by atoms with Crippen molar-refractivity contribution >= 4 is 23.1 Å². The van der Waals surface area contributed by atoms with E-state index >= 15 is 0 Å². The average molecular weight is 320 g/mol. The second-order valence-electron chi connectivity index (χ2n) is 4.92. The van der Waals surface area contributed by atoms with Crippen molar-refractivity contribution in [1.29, 1.82) is 0 Å². The highest BCUT2D eigenvalue weighted by atomic mass is 32.2. The highest BCUT2D eigenvalue weighted by Crippen LogP contribution is 2.30. The smallest absolute Gasteiger partial charge is 0.387 e. The molecule has 116 valence electrons. The Balaban J connectivity index is 2.26. The molecule has 0 aliphatic heterocycles. The molecule has 0 radical (unpaired) electrons. The minimum atomic E-state index is -4.51. The van der Waals surface area contributed by atoms with Crippen molar-refractivity contribution < 1.29 is 18.3 Å². The van der Waals surface area contributed by atoms with E-state index in [1.165, 1.54) is 24.2 Å². The van der Waals surface area contributed by atoms with Gasteiger partial charge >= 0.3 is 6.18 Å². The fourth-order valence-corrected chi connectivity index (χ4v) is 2.56. The molecule has 0 aromatic carbocycles. The first-order valence-electron chi connectivity index (χ1n) is 6.10. The van der Waals surface area contributed by atoms with E-state index < -0.39 is 17.5 Å². The maximum atomic E-state index is 12.7. The summed E-state index contributed by atoms with van der Waals surface area (Å²) in [7, 11) is 0. The summed E-state index contributed by atoms with van der Waals surface area (Å²) in [6, 6.07) is 0.929. The Labute approximate surface area is 123 Å². The Kier molecular flexibility index (Phi) is 4.33. The van der Waals surface area contributed by atoms with Gasteiger partial charge in [-0.05, 0) is 13.2 Å². The lowest BCUT2D eigenvalue weighted by Crippen LogP contribution is -2.36. The van der Waals surface area contributed by atoms with Crippen LogP contribution in [0.25, 0.3) is 5.52 Å². The fourth-order valence-electron chi connectivity index (χ4n) is 1.83. The van der Waals surface area contributed by atoms with Crippen molar-refractivity contribution in [3.63, 3.8) is 0 Å². The van der Waals surface area contributed by atoms with Crippen LogP contribution in [-0.4, -0.2) is 43.9 Å². The lowest BCUT2D eigenvalue weighted by Gasteiger charge is -2.22. The van der Waals surface area contributed by atoms with Gasteiger partial charge in [0.1, 0.15) is 5.52 Å². The van der Waals surface area contributed by atoms with E-state index in [0.717, 1.165) is 10.6 Å². The molecule has 0 fully saturated rings. The average Bonchev–Trinajstić information content (AvgIpc) is 2.80. The molecule has 0 saturated carbocycles. The van der Waals surface area contributed by atoms with Crippen LogP contribution in [0.5, 0.6) is 0 Å². The van der Waals surface area contributed by atoms with Crippen LogP contribution in [-0.2, 0) is 6.18 Å². The van der Waals surface area contributed by atoms with E-state index in [4.69, 9.17) is 0 Å². The number of fused-ring (bicyclic) bond motifs is 1. The fraction of sp³-hybridized carbons (Fsp3) is 0.500. The molecule has 1 atom stereocenters. The molecule has 2 N–H and O–H groups in total. The number of halogens is 3. The molecule has 2 rings (SSSR count). The Hall–Kier alpha value is -1.48. The third kappa shape index (κ3) is 3.79. The van der Waals surface area contributed by atoms with Crippen molar-refractivity contribution in [3.05, 3.63) is 24.2 Å². The predicted octanol–water partition coefficient (Wildman–Crippen LogP) is 2.27. The van der Waals surface area contributed by atoms with Gasteiger partial charge in [0.15, 0.2) is 11.5 Å². The standard InChI is InChI=1S/C12H15F3N4OS/c1-11(20,7-21-2)6-17-10-8-5-9(12(13,14)15)18-19(8)4-3-16-10/h3-5,20H,6-7H2,1-2H3,(H,16,17). The number of nitrogens with one attached hydrogen (secondary N) is 1. The maximum absolute atomic E-state index is 12.7. The monoisotopic (exact) mass is 320 g/mol. The van der Waals surface area contributed by atoms with Crippen LogP contribution in [0, 0.1) is 0 Å². The van der Waals surface area contributed by atoms with E-state index in [1.54, 1.807) is 6.92 Å². The van der Waals surface area contributed by atoms with Gasteiger partial charge in [-0.2, -0.15) is 30.0 Å². The van der Waals surface area contributed by atoms with Gasteiger partial charge in [0.25, 0.3) is 0 Å². The summed E-state index contributed by atoms with van der Waals surface area (Å²) in [6.07, 6.45) is 0.0508. The Morgan fingerprint density at radius 1 is 1.43 bits per heavy atom. The molecule has 0 aliphatic rings. The normalized spacial score (nSPS) is 15.1. The lowest BCUT2D eigenvalue weighted by molar-refractivity contribution is -0.141. The second-order valence-corrected chi connectivity index (χ2v) is 5.78. The topological polar surface area (TPSA) is 62.5 Å². The number of thioether (sulfide) groups is 1. The third-order valence-corrected chi connectivity index (χ3v) is 3.68. The zero-order valence-corrected chi connectivity index (χ0v) is 12.3. The highest BCUT2D eigenvalue weighted by Gasteiger charge is 2.34. The number of aliphatic hydroxyl groups is 1. The maximum Gasteiger partial charge on any atom is 0.435 e. The van der Waals surface area contributed by atoms with Crippen LogP contribution in [0.1, 0.15) is 12.6 Å². The number of rotatable bonds is 5. The molecule has 2 aromatic rings. The molecule has 0 amide bonds. The minimum Gasteiger partial charge on any atom is -0.387 e. The molecule has 21 heavy (non-hydrogen) atoms. The number of nitrogens with zero attached hydrogens (tertiary/aromatic N) is 3. The first-order valence-corrected chi connectivity index (χ1v) is 7.49. The molecular weight excluding hydrogens is 305 g/mol. The van der Waals surface area contributed by atoms with Crippen LogP contribution in [0.4, 0.5) is 19.0 Å². The Bertz CT molecular complexity index is 626.